The Morgan fingerprint density at radius 2 is 0.712 bits per heavy atom. The van der Waals surface area contributed by atoms with Crippen molar-refractivity contribution in [3.05, 3.63) is 215 Å². The molecular weight excluding hydrogens is 837 g/mol. The summed E-state index contributed by atoms with van der Waals surface area (Å²) in [6.07, 6.45) is -8.58. The van der Waals surface area contributed by atoms with E-state index in [1.807, 2.05) is 182 Å². The van der Waals surface area contributed by atoms with Crippen LogP contribution in [0.2, 0.25) is 0 Å². The first kappa shape index (κ1) is 47.4. The molecule has 2 N–H and O–H groups in total. The SMILES string of the molecule is OC[C@H]1[C@H](OCc2ccccc2)[C@@H](OCc2ccccc2)[C@@H](O[C@H]2[C@H](OCc3ccccc3)[C@@H](OCc3ccccc3)[C@@H](O)O[C@@H]2COCc2ccccc2)O[C@@H]1COCc1ccccc1. The standard InChI is InChI=1S/C55H60O11/c56-31-46-47(38-58-32-40-19-7-1-8-20-40)65-55(53(63-37-45-29-17-6-18-30-45)49(46)60-34-42-23-11-3-12-24-42)66-50-48(39-59-33-41-21-9-2-10-22-41)64-54(57)52(62-36-44-27-15-5-16-28-44)51(50)61-35-43-25-13-4-14-26-43/h1-30,46-57H,31-39H2/t46-,47-,48-,49+,50-,51+,52-,53-,54+,55-/m1/s1. The van der Waals surface area contributed by atoms with Crippen LogP contribution in [0.25, 0.3) is 0 Å². The lowest BCUT2D eigenvalue weighted by molar-refractivity contribution is -0.369. The van der Waals surface area contributed by atoms with E-state index in [2.05, 4.69) is 0 Å². The van der Waals surface area contributed by atoms with Crippen molar-refractivity contribution in [2.75, 3.05) is 19.8 Å². The summed E-state index contributed by atoms with van der Waals surface area (Å²) >= 11 is 0. The molecular formula is C55H60O11. The van der Waals surface area contributed by atoms with E-state index in [1.165, 1.54) is 0 Å². The molecule has 0 aliphatic carbocycles. The van der Waals surface area contributed by atoms with E-state index < -0.39 is 61.2 Å². The number of aliphatic hydroxyl groups is 2. The van der Waals surface area contributed by atoms with Crippen molar-refractivity contribution in [3.8, 4) is 0 Å². The van der Waals surface area contributed by atoms with Crippen LogP contribution in [0.15, 0.2) is 182 Å². The van der Waals surface area contributed by atoms with E-state index in [1.54, 1.807) is 0 Å². The molecule has 11 nitrogen and oxygen atoms in total. The minimum absolute atomic E-state index is 0.0340. The van der Waals surface area contributed by atoms with Gasteiger partial charge in [0, 0.05) is 5.92 Å². The van der Waals surface area contributed by atoms with Gasteiger partial charge < -0.3 is 52.8 Å². The van der Waals surface area contributed by atoms with Crippen LogP contribution >= 0.6 is 0 Å². The summed E-state index contributed by atoms with van der Waals surface area (Å²) in [5.41, 5.74) is 5.69. The molecule has 0 aromatic heterocycles. The Balaban J connectivity index is 1.15. The Hall–Kier alpha value is -5.12. The molecule has 0 bridgehead atoms. The molecule has 0 amide bonds. The van der Waals surface area contributed by atoms with E-state index in [4.69, 9.17) is 42.6 Å². The van der Waals surface area contributed by atoms with Crippen molar-refractivity contribution >= 4 is 0 Å². The molecule has 10 atom stereocenters. The van der Waals surface area contributed by atoms with Gasteiger partial charge in [-0.3, -0.25) is 0 Å². The average Bonchev–Trinajstić information content (AvgIpc) is 3.37. The Morgan fingerprint density at radius 3 is 1.12 bits per heavy atom. The normalized spacial score (nSPS) is 25.4. The first-order valence-corrected chi connectivity index (χ1v) is 22.7. The van der Waals surface area contributed by atoms with Crippen LogP contribution in [0.3, 0.4) is 0 Å². The Morgan fingerprint density at radius 1 is 0.364 bits per heavy atom. The van der Waals surface area contributed by atoms with Crippen LogP contribution in [-0.4, -0.2) is 85.3 Å². The summed E-state index contributed by atoms with van der Waals surface area (Å²) in [5, 5.41) is 23.1. The lowest BCUT2D eigenvalue weighted by Gasteiger charge is -2.49. The molecule has 2 heterocycles. The number of benzene rings is 6. The first-order chi connectivity index (χ1) is 32.6. The van der Waals surface area contributed by atoms with Gasteiger partial charge in [-0.15, -0.1) is 0 Å². The molecule has 0 spiro atoms. The first-order valence-electron chi connectivity index (χ1n) is 22.7. The van der Waals surface area contributed by atoms with Gasteiger partial charge in [0.15, 0.2) is 12.6 Å². The van der Waals surface area contributed by atoms with Crippen molar-refractivity contribution in [2.45, 2.75) is 94.9 Å². The molecule has 6 aromatic carbocycles. The van der Waals surface area contributed by atoms with Crippen LogP contribution in [-0.2, 0) is 82.3 Å². The zero-order valence-electron chi connectivity index (χ0n) is 37.0. The van der Waals surface area contributed by atoms with Crippen LogP contribution in [0.1, 0.15) is 33.4 Å². The molecule has 11 heteroatoms. The second kappa shape index (κ2) is 25.1. The van der Waals surface area contributed by atoms with Gasteiger partial charge >= 0.3 is 0 Å². The summed E-state index contributed by atoms with van der Waals surface area (Å²) in [7, 11) is 0. The minimum Gasteiger partial charge on any atom is -0.396 e. The van der Waals surface area contributed by atoms with Crippen molar-refractivity contribution in [1.82, 2.24) is 0 Å². The Bertz CT molecular complexity index is 2220. The molecule has 66 heavy (non-hydrogen) atoms. The van der Waals surface area contributed by atoms with E-state index >= 15 is 0 Å². The summed E-state index contributed by atoms with van der Waals surface area (Å²) in [6.45, 7) is 1.31. The third-order valence-corrected chi connectivity index (χ3v) is 11.8. The van der Waals surface area contributed by atoms with Gasteiger partial charge in [-0.2, -0.15) is 0 Å². The third kappa shape index (κ3) is 13.5. The monoisotopic (exact) mass is 896 g/mol. The lowest BCUT2D eigenvalue weighted by atomic mass is 9.89. The Labute approximate surface area is 387 Å². The fraction of sp³-hybridized carbons (Fsp3) is 0.345. The predicted molar refractivity (Wildman–Crippen MR) is 247 cm³/mol. The summed E-state index contributed by atoms with van der Waals surface area (Å²) in [6, 6.07) is 59.0. The van der Waals surface area contributed by atoms with Gasteiger partial charge in [0.25, 0.3) is 0 Å². The van der Waals surface area contributed by atoms with Crippen molar-refractivity contribution < 1.29 is 52.8 Å². The highest BCUT2D eigenvalue weighted by molar-refractivity contribution is 5.18. The molecule has 2 fully saturated rings. The topological polar surface area (TPSA) is 124 Å². The molecule has 2 aliphatic rings. The van der Waals surface area contributed by atoms with Gasteiger partial charge in [0.2, 0.25) is 0 Å². The quantitative estimate of drug-likeness (QED) is 0.0648. The maximum Gasteiger partial charge on any atom is 0.187 e. The minimum atomic E-state index is -1.41. The molecule has 8 rings (SSSR count). The summed E-state index contributed by atoms with van der Waals surface area (Å²) in [5.74, 6) is -0.577. The van der Waals surface area contributed by atoms with Crippen molar-refractivity contribution in [2.24, 2.45) is 5.92 Å². The number of hydrogen-bond donors (Lipinski definition) is 2. The number of rotatable bonds is 23. The molecule has 346 valence electrons. The molecule has 0 saturated carbocycles. The highest BCUT2D eigenvalue weighted by Gasteiger charge is 2.53. The van der Waals surface area contributed by atoms with Gasteiger partial charge in [-0.05, 0) is 33.4 Å². The summed E-state index contributed by atoms with van der Waals surface area (Å²) < 4.78 is 60.4. The smallest absolute Gasteiger partial charge is 0.187 e. The second-order valence-electron chi connectivity index (χ2n) is 16.6. The maximum absolute atomic E-state index is 11.8. The summed E-state index contributed by atoms with van der Waals surface area (Å²) in [4.78, 5) is 0. The lowest BCUT2D eigenvalue weighted by Crippen LogP contribution is -2.65. The zero-order chi connectivity index (χ0) is 45.2. The van der Waals surface area contributed by atoms with Gasteiger partial charge in [-0.25, -0.2) is 0 Å². The largest absolute Gasteiger partial charge is 0.396 e. The maximum atomic E-state index is 11.8. The highest BCUT2D eigenvalue weighted by atomic mass is 16.7. The van der Waals surface area contributed by atoms with E-state index in [0.717, 1.165) is 33.4 Å². The molecule has 0 unspecified atom stereocenters. The van der Waals surface area contributed by atoms with Gasteiger partial charge in [0.1, 0.15) is 30.5 Å². The van der Waals surface area contributed by atoms with Crippen LogP contribution < -0.4 is 0 Å². The fourth-order valence-corrected chi connectivity index (χ4v) is 8.36. The van der Waals surface area contributed by atoms with E-state index in [9.17, 15) is 10.2 Å². The van der Waals surface area contributed by atoms with Crippen LogP contribution in [0.4, 0.5) is 0 Å². The van der Waals surface area contributed by atoms with Crippen LogP contribution in [0.5, 0.6) is 0 Å². The number of hydrogen-bond acceptors (Lipinski definition) is 11. The second-order valence-corrected chi connectivity index (χ2v) is 16.6. The molecule has 2 aliphatic heterocycles. The predicted octanol–water partition coefficient (Wildman–Crippen LogP) is 8.20. The van der Waals surface area contributed by atoms with Gasteiger partial charge in [0.05, 0.1) is 71.7 Å². The average molecular weight is 897 g/mol. The van der Waals surface area contributed by atoms with Gasteiger partial charge in [-0.1, -0.05) is 182 Å². The van der Waals surface area contributed by atoms with Crippen molar-refractivity contribution in [1.29, 1.82) is 0 Å². The number of aliphatic hydroxyl groups excluding tert-OH is 2. The highest BCUT2D eigenvalue weighted by Crippen LogP contribution is 2.37. The van der Waals surface area contributed by atoms with Crippen molar-refractivity contribution in [3.63, 3.8) is 0 Å². The zero-order valence-corrected chi connectivity index (χ0v) is 37.0. The molecule has 0 radical (unpaired) electrons. The molecule has 2 saturated heterocycles. The number of ether oxygens (including phenoxy) is 9. The fourth-order valence-electron chi connectivity index (χ4n) is 8.36. The van der Waals surface area contributed by atoms with Crippen LogP contribution in [0, 0.1) is 5.92 Å². The van der Waals surface area contributed by atoms with E-state index in [0.29, 0.717) is 13.2 Å². The third-order valence-electron chi connectivity index (χ3n) is 11.8. The molecule has 6 aromatic rings. The Kier molecular flexibility index (Phi) is 18.0. The van der Waals surface area contributed by atoms with E-state index in [-0.39, 0.29) is 46.2 Å².